The van der Waals surface area contributed by atoms with Crippen molar-refractivity contribution in [2.45, 2.75) is 63.4 Å². The second kappa shape index (κ2) is 6.21. The van der Waals surface area contributed by atoms with Gasteiger partial charge in [-0.2, -0.15) is 0 Å². The van der Waals surface area contributed by atoms with Crippen molar-refractivity contribution in [2.75, 3.05) is 0 Å². The Hall–Kier alpha value is -2.60. The number of nitrogens with zero attached hydrogens (tertiary/aromatic N) is 1. The van der Waals surface area contributed by atoms with Crippen LogP contribution in [0, 0.1) is 10.1 Å². The van der Waals surface area contributed by atoms with Gasteiger partial charge in [-0.1, -0.05) is 31.0 Å². The van der Waals surface area contributed by atoms with Gasteiger partial charge in [0.25, 0.3) is 5.69 Å². The lowest BCUT2D eigenvalue weighted by Gasteiger charge is -2.41. The number of hydrogen-bond donors (Lipinski definition) is 0. The third kappa shape index (κ3) is 2.75. The second-order valence-corrected chi connectivity index (χ2v) is 8.30. The van der Waals surface area contributed by atoms with Crippen LogP contribution in [0.15, 0.2) is 36.4 Å². The van der Waals surface area contributed by atoms with Crippen molar-refractivity contribution in [1.29, 1.82) is 0 Å². The van der Waals surface area contributed by atoms with Crippen molar-refractivity contribution in [3.63, 3.8) is 0 Å². The van der Waals surface area contributed by atoms with Crippen LogP contribution in [0.1, 0.15) is 68.2 Å². The Morgan fingerprint density at radius 3 is 2.75 bits per heavy atom. The summed E-state index contributed by atoms with van der Waals surface area (Å²) in [7, 11) is 0. The Balaban J connectivity index is 1.66. The molecule has 0 radical (unpaired) electrons. The van der Waals surface area contributed by atoms with E-state index in [1.54, 1.807) is 12.1 Å². The molecule has 0 unspecified atom stereocenters. The maximum atomic E-state index is 11.3. The maximum absolute atomic E-state index is 11.3. The molecule has 0 amide bonds. The van der Waals surface area contributed by atoms with E-state index >= 15 is 0 Å². The van der Waals surface area contributed by atoms with Crippen LogP contribution in [0.3, 0.4) is 0 Å². The average Bonchev–Trinajstić information content (AvgIpc) is 3.01. The molecule has 0 saturated heterocycles. The van der Waals surface area contributed by atoms with Crippen LogP contribution < -0.4 is 9.47 Å². The molecule has 0 spiro atoms. The van der Waals surface area contributed by atoms with E-state index in [1.165, 1.54) is 12.5 Å². The summed E-state index contributed by atoms with van der Waals surface area (Å²) in [6, 6.07) is 10.7. The number of hydrogen-bond acceptors (Lipinski definition) is 5. The zero-order valence-corrected chi connectivity index (χ0v) is 16.0. The number of nitro groups is 1. The fourth-order valence-electron chi connectivity index (χ4n) is 4.82. The van der Waals surface area contributed by atoms with Gasteiger partial charge in [0.2, 0.25) is 5.79 Å². The molecule has 5 rings (SSSR count). The van der Waals surface area contributed by atoms with Gasteiger partial charge in [-0.25, -0.2) is 0 Å². The molecule has 6 nitrogen and oxygen atoms in total. The predicted molar refractivity (Wildman–Crippen MR) is 103 cm³/mol. The SMILES string of the molecule is CC1(C)Oc2ccc3c(c2O1)[C@@H]1CCCC[C@H]1O[C@H]3c1cccc([N+](=O)[O-])c1. The highest BCUT2D eigenvalue weighted by Gasteiger charge is 2.44. The van der Waals surface area contributed by atoms with E-state index in [9.17, 15) is 10.1 Å². The van der Waals surface area contributed by atoms with Crippen LogP contribution in [0.25, 0.3) is 0 Å². The summed E-state index contributed by atoms with van der Waals surface area (Å²) in [4.78, 5) is 10.9. The van der Waals surface area contributed by atoms with Crippen molar-refractivity contribution < 1.29 is 19.1 Å². The van der Waals surface area contributed by atoms with Gasteiger partial charge in [-0.05, 0) is 30.0 Å². The molecule has 0 N–H and O–H groups in total. The van der Waals surface area contributed by atoms with Gasteiger partial charge < -0.3 is 14.2 Å². The van der Waals surface area contributed by atoms with E-state index in [2.05, 4.69) is 0 Å². The van der Waals surface area contributed by atoms with Gasteiger partial charge in [-0.15, -0.1) is 0 Å². The topological polar surface area (TPSA) is 70.8 Å². The molecule has 1 saturated carbocycles. The Morgan fingerprint density at radius 2 is 1.93 bits per heavy atom. The first kappa shape index (κ1) is 17.5. The molecule has 1 aliphatic carbocycles. The standard InChI is InChI=1S/C22H23NO5/c1-22(2)27-18-11-10-16-19(21(18)28-22)15-8-3-4-9-17(15)26-20(16)13-6-5-7-14(12-13)23(24)25/h5-7,10-12,15,17,20H,3-4,8-9H2,1-2H3/t15-,17-,20+/m1/s1. The Kier molecular flexibility index (Phi) is 3.88. The van der Waals surface area contributed by atoms with Gasteiger partial charge >= 0.3 is 0 Å². The minimum absolute atomic E-state index is 0.0790. The first-order valence-electron chi connectivity index (χ1n) is 9.87. The second-order valence-electron chi connectivity index (χ2n) is 8.30. The van der Waals surface area contributed by atoms with Crippen LogP contribution in [-0.4, -0.2) is 16.8 Å². The highest BCUT2D eigenvalue weighted by Crippen LogP contribution is 2.55. The smallest absolute Gasteiger partial charge is 0.269 e. The highest BCUT2D eigenvalue weighted by molar-refractivity contribution is 5.58. The van der Waals surface area contributed by atoms with Crippen molar-refractivity contribution in [3.8, 4) is 11.5 Å². The van der Waals surface area contributed by atoms with Gasteiger partial charge in [0.15, 0.2) is 11.5 Å². The molecule has 146 valence electrons. The Bertz CT molecular complexity index is 954. The van der Waals surface area contributed by atoms with Crippen LogP contribution >= 0.6 is 0 Å². The number of fused-ring (bicyclic) bond motifs is 5. The molecule has 0 bridgehead atoms. The van der Waals surface area contributed by atoms with E-state index in [1.807, 2.05) is 32.0 Å². The minimum Gasteiger partial charge on any atom is -0.449 e. The fraction of sp³-hybridized carbons (Fsp3) is 0.455. The van der Waals surface area contributed by atoms with Crippen molar-refractivity contribution in [2.24, 2.45) is 0 Å². The maximum Gasteiger partial charge on any atom is 0.269 e. The summed E-state index contributed by atoms with van der Waals surface area (Å²) >= 11 is 0. The van der Waals surface area contributed by atoms with Gasteiger partial charge in [0.1, 0.15) is 6.10 Å². The molecule has 1 fully saturated rings. The highest BCUT2D eigenvalue weighted by atomic mass is 16.7. The zero-order valence-electron chi connectivity index (χ0n) is 16.0. The summed E-state index contributed by atoms with van der Waals surface area (Å²) in [5, 5.41) is 11.3. The van der Waals surface area contributed by atoms with Crippen molar-refractivity contribution in [1.82, 2.24) is 0 Å². The third-order valence-corrected chi connectivity index (χ3v) is 5.95. The van der Waals surface area contributed by atoms with Gasteiger partial charge in [0.05, 0.1) is 11.0 Å². The lowest BCUT2D eigenvalue weighted by atomic mass is 9.75. The van der Waals surface area contributed by atoms with E-state index in [0.29, 0.717) is 0 Å². The monoisotopic (exact) mass is 381 g/mol. The van der Waals surface area contributed by atoms with E-state index in [0.717, 1.165) is 47.5 Å². The molecule has 2 aromatic rings. The number of ether oxygens (including phenoxy) is 3. The molecule has 3 aliphatic rings. The molecule has 2 aromatic carbocycles. The number of rotatable bonds is 2. The minimum atomic E-state index is -0.693. The van der Waals surface area contributed by atoms with E-state index in [4.69, 9.17) is 14.2 Å². The predicted octanol–water partition coefficient (Wildman–Crippen LogP) is 5.25. The quantitative estimate of drug-likeness (QED) is 0.525. The summed E-state index contributed by atoms with van der Waals surface area (Å²) in [6.07, 6.45) is 4.09. The molecular formula is C22H23NO5. The van der Waals surface area contributed by atoms with Crippen molar-refractivity contribution in [3.05, 3.63) is 63.2 Å². The molecule has 2 aliphatic heterocycles. The van der Waals surface area contributed by atoms with E-state index < -0.39 is 5.79 Å². The van der Waals surface area contributed by atoms with Crippen LogP contribution in [0.4, 0.5) is 5.69 Å². The van der Waals surface area contributed by atoms with Gasteiger partial charge in [-0.3, -0.25) is 10.1 Å². The molecule has 2 heterocycles. The normalized spacial score (nSPS) is 27.0. The molecule has 0 aromatic heterocycles. The summed E-state index contributed by atoms with van der Waals surface area (Å²) in [5.41, 5.74) is 3.08. The van der Waals surface area contributed by atoms with Crippen LogP contribution in [0.2, 0.25) is 0 Å². The van der Waals surface area contributed by atoms with Crippen LogP contribution in [-0.2, 0) is 4.74 Å². The number of non-ortho nitro benzene ring substituents is 1. The lowest BCUT2D eigenvalue weighted by Crippen LogP contribution is -2.34. The van der Waals surface area contributed by atoms with Crippen LogP contribution in [0.5, 0.6) is 11.5 Å². The first-order chi connectivity index (χ1) is 13.4. The fourth-order valence-corrected chi connectivity index (χ4v) is 4.82. The first-order valence-corrected chi connectivity index (χ1v) is 9.87. The lowest BCUT2D eigenvalue weighted by molar-refractivity contribution is -0.385. The zero-order chi connectivity index (χ0) is 19.5. The molecule has 3 atom stereocenters. The molecule has 28 heavy (non-hydrogen) atoms. The molecular weight excluding hydrogens is 358 g/mol. The third-order valence-electron chi connectivity index (χ3n) is 5.95. The Morgan fingerprint density at radius 1 is 1.11 bits per heavy atom. The largest absolute Gasteiger partial charge is 0.449 e. The average molecular weight is 381 g/mol. The summed E-state index contributed by atoms with van der Waals surface area (Å²) < 4.78 is 18.7. The Labute approximate surface area is 163 Å². The molecule has 6 heteroatoms. The summed E-state index contributed by atoms with van der Waals surface area (Å²) in [5.74, 6) is 1.16. The number of benzene rings is 2. The number of nitro benzene ring substituents is 1. The van der Waals surface area contributed by atoms with E-state index in [-0.39, 0.29) is 28.7 Å². The van der Waals surface area contributed by atoms with Crippen molar-refractivity contribution >= 4 is 5.69 Å². The van der Waals surface area contributed by atoms with Gasteiger partial charge in [0, 0.05) is 37.5 Å². The summed E-state index contributed by atoms with van der Waals surface area (Å²) in [6.45, 7) is 3.82.